The first-order chi connectivity index (χ1) is 7.95. The van der Waals surface area contributed by atoms with Crippen molar-refractivity contribution in [1.82, 2.24) is 15.6 Å². The van der Waals surface area contributed by atoms with Gasteiger partial charge in [0.2, 0.25) is 0 Å². The third-order valence-corrected chi connectivity index (χ3v) is 2.88. The number of nitrogens with zero attached hydrogens (tertiary/aromatic N) is 1. The quantitative estimate of drug-likeness (QED) is 0.648. The fourth-order valence-corrected chi connectivity index (χ4v) is 1.71. The van der Waals surface area contributed by atoms with Crippen molar-refractivity contribution in [3.63, 3.8) is 0 Å². The second kappa shape index (κ2) is 6.61. The Hall–Kier alpha value is -0.930. The summed E-state index contributed by atoms with van der Waals surface area (Å²) in [6, 6.07) is 5.00. The summed E-state index contributed by atoms with van der Waals surface area (Å²) < 4.78 is 0. The molecule has 1 aliphatic rings. The number of hydrogen-bond donors (Lipinski definition) is 2. The van der Waals surface area contributed by atoms with Crippen molar-refractivity contribution >= 4 is 0 Å². The van der Waals surface area contributed by atoms with E-state index >= 15 is 0 Å². The average molecular weight is 219 g/mol. The van der Waals surface area contributed by atoms with Crippen molar-refractivity contribution in [3.8, 4) is 0 Å². The number of aromatic nitrogens is 1. The largest absolute Gasteiger partial charge is 0.316 e. The molecule has 0 aromatic carbocycles. The molecule has 1 fully saturated rings. The summed E-state index contributed by atoms with van der Waals surface area (Å²) >= 11 is 0. The van der Waals surface area contributed by atoms with Crippen molar-refractivity contribution < 1.29 is 0 Å². The molecule has 2 rings (SSSR count). The van der Waals surface area contributed by atoms with E-state index in [9.17, 15) is 0 Å². The first kappa shape index (κ1) is 11.6. The SMILES string of the molecule is c1cc(CCNCCCNC2CC2)ccn1. The van der Waals surface area contributed by atoms with Gasteiger partial charge in [-0.25, -0.2) is 0 Å². The predicted molar refractivity (Wildman–Crippen MR) is 66.5 cm³/mol. The molecular weight excluding hydrogens is 198 g/mol. The summed E-state index contributed by atoms with van der Waals surface area (Å²) in [4.78, 5) is 4.01. The highest BCUT2D eigenvalue weighted by Gasteiger charge is 2.19. The molecule has 1 aromatic rings. The first-order valence-electron chi connectivity index (χ1n) is 6.28. The number of hydrogen-bond acceptors (Lipinski definition) is 3. The average Bonchev–Trinajstić information content (AvgIpc) is 3.13. The summed E-state index contributed by atoms with van der Waals surface area (Å²) in [6.07, 6.45) is 8.81. The van der Waals surface area contributed by atoms with E-state index < -0.39 is 0 Å². The van der Waals surface area contributed by atoms with Crippen molar-refractivity contribution in [2.24, 2.45) is 0 Å². The minimum absolute atomic E-state index is 0.844. The Balaban J connectivity index is 1.42. The van der Waals surface area contributed by atoms with Crippen LogP contribution in [-0.4, -0.2) is 30.7 Å². The zero-order valence-corrected chi connectivity index (χ0v) is 9.78. The molecule has 0 saturated heterocycles. The van der Waals surface area contributed by atoms with Crippen LogP contribution >= 0.6 is 0 Å². The lowest BCUT2D eigenvalue weighted by molar-refractivity contribution is 0.594. The van der Waals surface area contributed by atoms with Gasteiger partial charge in [-0.3, -0.25) is 4.98 Å². The van der Waals surface area contributed by atoms with Gasteiger partial charge in [0.05, 0.1) is 0 Å². The fraction of sp³-hybridized carbons (Fsp3) is 0.615. The molecule has 3 nitrogen and oxygen atoms in total. The molecule has 0 unspecified atom stereocenters. The van der Waals surface area contributed by atoms with Crippen LogP contribution in [0.3, 0.4) is 0 Å². The van der Waals surface area contributed by atoms with Gasteiger partial charge in [-0.1, -0.05) is 0 Å². The van der Waals surface area contributed by atoms with Crippen LogP contribution in [0.4, 0.5) is 0 Å². The van der Waals surface area contributed by atoms with Gasteiger partial charge in [0.1, 0.15) is 0 Å². The van der Waals surface area contributed by atoms with E-state index in [1.54, 1.807) is 0 Å². The van der Waals surface area contributed by atoms with E-state index in [0.717, 1.165) is 32.1 Å². The molecule has 0 bridgehead atoms. The van der Waals surface area contributed by atoms with Gasteiger partial charge >= 0.3 is 0 Å². The molecule has 1 heterocycles. The zero-order valence-electron chi connectivity index (χ0n) is 9.78. The van der Waals surface area contributed by atoms with Crippen LogP contribution in [0.5, 0.6) is 0 Å². The molecule has 1 aromatic heterocycles. The maximum absolute atomic E-state index is 4.01. The van der Waals surface area contributed by atoms with E-state index in [1.807, 2.05) is 12.4 Å². The zero-order chi connectivity index (χ0) is 11.1. The second-order valence-corrected chi connectivity index (χ2v) is 4.44. The number of pyridine rings is 1. The molecule has 3 heteroatoms. The third kappa shape index (κ3) is 4.73. The van der Waals surface area contributed by atoms with Gasteiger partial charge in [0.25, 0.3) is 0 Å². The van der Waals surface area contributed by atoms with E-state index in [0.29, 0.717) is 0 Å². The smallest absolute Gasteiger partial charge is 0.0270 e. The van der Waals surface area contributed by atoms with Gasteiger partial charge < -0.3 is 10.6 Å². The lowest BCUT2D eigenvalue weighted by Gasteiger charge is -2.05. The number of rotatable bonds is 8. The lowest BCUT2D eigenvalue weighted by atomic mass is 10.2. The Morgan fingerprint density at radius 2 is 1.94 bits per heavy atom. The molecule has 0 atom stereocenters. The van der Waals surface area contributed by atoms with E-state index in [2.05, 4.69) is 27.8 Å². The summed E-state index contributed by atoms with van der Waals surface area (Å²) in [6.45, 7) is 3.34. The van der Waals surface area contributed by atoms with Crippen LogP contribution < -0.4 is 10.6 Å². The Bertz CT molecular complexity index is 282. The molecule has 0 amide bonds. The van der Waals surface area contributed by atoms with Crippen molar-refractivity contribution in [1.29, 1.82) is 0 Å². The highest BCUT2D eigenvalue weighted by Crippen LogP contribution is 2.18. The minimum Gasteiger partial charge on any atom is -0.316 e. The maximum atomic E-state index is 4.01. The van der Waals surface area contributed by atoms with E-state index in [1.165, 1.54) is 24.8 Å². The molecule has 0 spiro atoms. The Morgan fingerprint density at radius 3 is 2.69 bits per heavy atom. The number of nitrogens with one attached hydrogen (secondary N) is 2. The van der Waals surface area contributed by atoms with Gasteiger partial charge in [-0.2, -0.15) is 0 Å². The first-order valence-corrected chi connectivity index (χ1v) is 6.28. The predicted octanol–water partition coefficient (Wildman–Crippen LogP) is 1.36. The normalized spacial score (nSPS) is 15.2. The third-order valence-electron chi connectivity index (χ3n) is 2.88. The van der Waals surface area contributed by atoms with Crippen LogP contribution in [0.25, 0.3) is 0 Å². The van der Waals surface area contributed by atoms with Crippen molar-refractivity contribution in [2.45, 2.75) is 31.7 Å². The van der Waals surface area contributed by atoms with Gasteiger partial charge in [0, 0.05) is 18.4 Å². The summed E-state index contributed by atoms with van der Waals surface area (Å²) in [5.74, 6) is 0. The molecule has 0 radical (unpaired) electrons. The van der Waals surface area contributed by atoms with Gasteiger partial charge in [0.15, 0.2) is 0 Å². The Morgan fingerprint density at radius 1 is 1.12 bits per heavy atom. The van der Waals surface area contributed by atoms with Gasteiger partial charge in [-0.15, -0.1) is 0 Å². The van der Waals surface area contributed by atoms with Gasteiger partial charge in [-0.05, 0) is 63.0 Å². The lowest BCUT2D eigenvalue weighted by Crippen LogP contribution is -2.24. The molecule has 1 saturated carbocycles. The fourth-order valence-electron chi connectivity index (χ4n) is 1.71. The molecular formula is C13H21N3. The summed E-state index contributed by atoms with van der Waals surface area (Å²) in [5.41, 5.74) is 1.36. The van der Waals surface area contributed by atoms with Crippen LogP contribution in [0.2, 0.25) is 0 Å². The summed E-state index contributed by atoms with van der Waals surface area (Å²) in [7, 11) is 0. The molecule has 16 heavy (non-hydrogen) atoms. The van der Waals surface area contributed by atoms with Crippen LogP contribution in [0.1, 0.15) is 24.8 Å². The molecule has 0 aliphatic heterocycles. The standard InChI is InChI=1S/C13H21N3/c1(8-16-13-2-3-13)7-14-9-4-12-5-10-15-11-6-12/h5-6,10-11,13-14,16H,1-4,7-9H2. The van der Waals surface area contributed by atoms with Crippen LogP contribution in [0, 0.1) is 0 Å². The highest BCUT2D eigenvalue weighted by molar-refractivity contribution is 5.09. The van der Waals surface area contributed by atoms with E-state index in [4.69, 9.17) is 0 Å². The van der Waals surface area contributed by atoms with E-state index in [-0.39, 0.29) is 0 Å². The Kier molecular flexibility index (Phi) is 4.77. The molecule has 2 N–H and O–H groups in total. The van der Waals surface area contributed by atoms with Crippen LogP contribution in [0.15, 0.2) is 24.5 Å². The topological polar surface area (TPSA) is 37.0 Å². The van der Waals surface area contributed by atoms with Crippen molar-refractivity contribution in [2.75, 3.05) is 19.6 Å². The molecule has 88 valence electrons. The minimum atomic E-state index is 0.844. The Labute approximate surface area is 97.7 Å². The monoisotopic (exact) mass is 219 g/mol. The van der Waals surface area contributed by atoms with Crippen molar-refractivity contribution in [3.05, 3.63) is 30.1 Å². The molecule has 1 aliphatic carbocycles. The highest BCUT2D eigenvalue weighted by atomic mass is 14.9. The maximum Gasteiger partial charge on any atom is 0.0270 e. The summed E-state index contributed by atoms with van der Waals surface area (Å²) in [5, 5.41) is 6.98. The second-order valence-electron chi connectivity index (χ2n) is 4.44. The van der Waals surface area contributed by atoms with Crippen LogP contribution in [-0.2, 0) is 6.42 Å².